The second-order valence-corrected chi connectivity index (χ2v) is 4.76. The van der Waals surface area contributed by atoms with Crippen molar-refractivity contribution in [2.24, 2.45) is 0 Å². The summed E-state index contributed by atoms with van der Waals surface area (Å²) in [5, 5.41) is 2.89. The quantitative estimate of drug-likeness (QED) is 0.660. The molecule has 0 N–H and O–H groups in total. The maximum atomic E-state index is 2.39. The van der Waals surface area contributed by atoms with Gasteiger partial charge in [-0.25, -0.2) is 0 Å². The van der Waals surface area contributed by atoms with E-state index in [-0.39, 0.29) is 0 Å². The fourth-order valence-corrected chi connectivity index (χ4v) is 2.38. The number of fused-ring (bicyclic) bond motifs is 1. The molecule has 0 spiro atoms. The Labute approximate surface area is 98.7 Å². The van der Waals surface area contributed by atoms with Crippen LogP contribution in [0.2, 0.25) is 0 Å². The van der Waals surface area contributed by atoms with Crippen LogP contribution < -0.4 is 10.4 Å². The SMILES string of the molecule is CCCCCCc1ccc2c(c1)=CCCC=2. The number of hydrogen-bond acceptors (Lipinski definition) is 0. The second kappa shape index (κ2) is 5.89. The Kier molecular flexibility index (Phi) is 4.21. The first-order chi connectivity index (χ1) is 7.90. The molecule has 0 unspecified atom stereocenters. The average molecular weight is 214 g/mol. The molecule has 0 radical (unpaired) electrons. The topological polar surface area (TPSA) is 0 Å². The van der Waals surface area contributed by atoms with Gasteiger partial charge in [0.05, 0.1) is 0 Å². The van der Waals surface area contributed by atoms with Crippen LogP contribution in [0.1, 0.15) is 51.0 Å². The highest BCUT2D eigenvalue weighted by molar-refractivity contribution is 5.39. The molecule has 0 fully saturated rings. The molecule has 16 heavy (non-hydrogen) atoms. The zero-order valence-corrected chi connectivity index (χ0v) is 10.3. The van der Waals surface area contributed by atoms with E-state index in [1.807, 2.05) is 0 Å². The summed E-state index contributed by atoms with van der Waals surface area (Å²) >= 11 is 0. The van der Waals surface area contributed by atoms with E-state index in [1.165, 1.54) is 60.9 Å². The van der Waals surface area contributed by atoms with E-state index in [2.05, 4.69) is 37.3 Å². The van der Waals surface area contributed by atoms with Crippen molar-refractivity contribution in [3.05, 3.63) is 34.2 Å². The summed E-state index contributed by atoms with van der Waals surface area (Å²) in [7, 11) is 0. The predicted molar refractivity (Wildman–Crippen MR) is 71.7 cm³/mol. The van der Waals surface area contributed by atoms with Crippen LogP contribution in [0.15, 0.2) is 18.2 Å². The third kappa shape index (κ3) is 2.98. The van der Waals surface area contributed by atoms with Crippen molar-refractivity contribution in [3.63, 3.8) is 0 Å². The van der Waals surface area contributed by atoms with Crippen molar-refractivity contribution in [1.29, 1.82) is 0 Å². The van der Waals surface area contributed by atoms with E-state index in [1.54, 1.807) is 0 Å². The van der Waals surface area contributed by atoms with Crippen molar-refractivity contribution in [2.45, 2.75) is 51.9 Å². The molecule has 86 valence electrons. The molecule has 0 aromatic heterocycles. The highest BCUT2D eigenvalue weighted by atomic mass is 14.0. The summed E-state index contributed by atoms with van der Waals surface area (Å²) in [5.41, 5.74) is 1.52. The summed E-state index contributed by atoms with van der Waals surface area (Å²) in [5.74, 6) is 0. The number of aryl methyl sites for hydroxylation is 1. The van der Waals surface area contributed by atoms with Gasteiger partial charge in [0.1, 0.15) is 0 Å². The highest BCUT2D eigenvalue weighted by Gasteiger charge is 1.96. The zero-order chi connectivity index (χ0) is 11.2. The lowest BCUT2D eigenvalue weighted by molar-refractivity contribution is 0.666. The van der Waals surface area contributed by atoms with Crippen LogP contribution in [0.3, 0.4) is 0 Å². The van der Waals surface area contributed by atoms with E-state index in [0.717, 1.165) is 0 Å². The molecule has 0 amide bonds. The normalized spacial score (nSPS) is 13.8. The maximum Gasteiger partial charge on any atom is -0.0224 e. The van der Waals surface area contributed by atoms with Gasteiger partial charge < -0.3 is 0 Å². The van der Waals surface area contributed by atoms with Gasteiger partial charge in [-0.2, -0.15) is 0 Å². The molecule has 0 atom stereocenters. The van der Waals surface area contributed by atoms with Crippen LogP contribution in [-0.2, 0) is 6.42 Å². The number of unbranched alkanes of at least 4 members (excludes halogenated alkanes) is 3. The van der Waals surface area contributed by atoms with Crippen LogP contribution in [0.5, 0.6) is 0 Å². The van der Waals surface area contributed by atoms with Crippen LogP contribution in [0.25, 0.3) is 12.2 Å². The number of rotatable bonds is 5. The van der Waals surface area contributed by atoms with E-state index in [9.17, 15) is 0 Å². The molecule has 0 heterocycles. The Morgan fingerprint density at radius 2 is 1.75 bits per heavy atom. The lowest BCUT2D eigenvalue weighted by Gasteiger charge is -2.04. The third-order valence-corrected chi connectivity index (χ3v) is 3.37. The molecule has 0 heteroatoms. The Hall–Kier alpha value is -1.04. The van der Waals surface area contributed by atoms with E-state index in [4.69, 9.17) is 0 Å². The minimum Gasteiger partial charge on any atom is -0.0764 e. The molecule has 0 nitrogen and oxygen atoms in total. The molecule has 1 aliphatic rings. The summed E-state index contributed by atoms with van der Waals surface area (Å²) in [6.45, 7) is 2.27. The Morgan fingerprint density at radius 1 is 0.938 bits per heavy atom. The molecule has 2 rings (SSSR count). The molecular weight excluding hydrogens is 192 g/mol. The third-order valence-electron chi connectivity index (χ3n) is 3.37. The zero-order valence-electron chi connectivity index (χ0n) is 10.3. The smallest absolute Gasteiger partial charge is 0.0224 e. The molecule has 1 aromatic rings. The molecule has 0 saturated heterocycles. The van der Waals surface area contributed by atoms with Crippen LogP contribution in [0.4, 0.5) is 0 Å². The van der Waals surface area contributed by atoms with Gasteiger partial charge in [-0.05, 0) is 41.7 Å². The summed E-state index contributed by atoms with van der Waals surface area (Å²) in [4.78, 5) is 0. The fourth-order valence-electron chi connectivity index (χ4n) is 2.38. The van der Waals surface area contributed by atoms with Gasteiger partial charge in [-0.15, -0.1) is 0 Å². The molecular formula is C16H22. The lowest BCUT2D eigenvalue weighted by Crippen LogP contribution is -2.26. The van der Waals surface area contributed by atoms with E-state index < -0.39 is 0 Å². The lowest BCUT2D eigenvalue weighted by atomic mass is 10.0. The van der Waals surface area contributed by atoms with Crippen LogP contribution in [-0.4, -0.2) is 0 Å². The Morgan fingerprint density at radius 3 is 2.56 bits per heavy atom. The monoisotopic (exact) mass is 214 g/mol. The van der Waals surface area contributed by atoms with Crippen LogP contribution >= 0.6 is 0 Å². The van der Waals surface area contributed by atoms with Crippen molar-refractivity contribution >= 4 is 12.2 Å². The first kappa shape index (κ1) is 11.4. The minimum atomic E-state index is 1.21. The standard InChI is InChI=1S/C16H22/c1-2-3-4-5-8-14-11-12-15-9-6-7-10-16(15)13-14/h9-13H,2-8H2,1H3. The molecule has 1 aliphatic carbocycles. The number of benzene rings is 1. The molecule has 0 saturated carbocycles. The van der Waals surface area contributed by atoms with Gasteiger partial charge in [-0.3, -0.25) is 0 Å². The largest absolute Gasteiger partial charge is 0.0764 e. The maximum absolute atomic E-state index is 2.39. The Bertz CT molecular complexity index is 440. The van der Waals surface area contributed by atoms with Gasteiger partial charge in [-0.1, -0.05) is 56.5 Å². The summed E-state index contributed by atoms with van der Waals surface area (Å²) < 4.78 is 0. The summed E-state index contributed by atoms with van der Waals surface area (Å²) in [6.07, 6.45) is 13.8. The van der Waals surface area contributed by atoms with Crippen molar-refractivity contribution in [3.8, 4) is 0 Å². The highest BCUT2D eigenvalue weighted by Crippen LogP contribution is 2.06. The van der Waals surface area contributed by atoms with Gasteiger partial charge in [0.15, 0.2) is 0 Å². The van der Waals surface area contributed by atoms with Crippen molar-refractivity contribution in [1.82, 2.24) is 0 Å². The van der Waals surface area contributed by atoms with Crippen molar-refractivity contribution in [2.75, 3.05) is 0 Å². The fraction of sp³-hybridized carbons (Fsp3) is 0.500. The molecule has 0 aliphatic heterocycles. The Balaban J connectivity index is 2.01. The minimum absolute atomic E-state index is 1.21. The van der Waals surface area contributed by atoms with E-state index in [0.29, 0.717) is 0 Å². The second-order valence-electron chi connectivity index (χ2n) is 4.76. The molecule has 0 bridgehead atoms. The number of hydrogen-bond donors (Lipinski definition) is 0. The van der Waals surface area contributed by atoms with Gasteiger partial charge in [0.2, 0.25) is 0 Å². The summed E-state index contributed by atoms with van der Waals surface area (Å²) in [6, 6.07) is 6.98. The molecule has 1 aromatic carbocycles. The first-order valence-corrected chi connectivity index (χ1v) is 6.69. The van der Waals surface area contributed by atoms with Crippen molar-refractivity contribution < 1.29 is 0 Å². The van der Waals surface area contributed by atoms with Gasteiger partial charge in [0.25, 0.3) is 0 Å². The van der Waals surface area contributed by atoms with Crippen LogP contribution in [0, 0.1) is 0 Å². The first-order valence-electron chi connectivity index (χ1n) is 6.69. The van der Waals surface area contributed by atoms with Gasteiger partial charge >= 0.3 is 0 Å². The van der Waals surface area contributed by atoms with Gasteiger partial charge in [0, 0.05) is 0 Å². The average Bonchev–Trinajstić information content (AvgIpc) is 2.34. The van der Waals surface area contributed by atoms with E-state index >= 15 is 0 Å². The predicted octanol–water partition coefficient (Wildman–Crippen LogP) is 3.16.